The van der Waals surface area contributed by atoms with Crippen LogP contribution >= 0.6 is 12.2 Å². The third-order valence-corrected chi connectivity index (χ3v) is 1.65. The summed E-state index contributed by atoms with van der Waals surface area (Å²) in [5.41, 5.74) is 0. The summed E-state index contributed by atoms with van der Waals surface area (Å²) in [5, 5.41) is 6.30. The molecule has 0 unspecified atom stereocenters. The van der Waals surface area contributed by atoms with Gasteiger partial charge in [0.25, 0.3) is 10.7 Å². The maximum absolute atomic E-state index is 5.32. The van der Waals surface area contributed by atoms with Crippen molar-refractivity contribution in [1.29, 1.82) is 0 Å². The Morgan fingerprint density at radius 1 is 1.57 bits per heavy atom. The lowest BCUT2D eigenvalue weighted by atomic mass is 10.5. The Bertz CT molecular complexity index is 451. The first-order valence-corrected chi connectivity index (χ1v) is 4.32. The van der Waals surface area contributed by atoms with Gasteiger partial charge in [-0.15, -0.1) is 5.10 Å². The number of hydrogen-bond donors (Lipinski definition) is 1. The highest BCUT2D eigenvalue weighted by Crippen LogP contribution is 2.08. The zero-order valence-corrected chi connectivity index (χ0v) is 7.95. The van der Waals surface area contributed by atoms with Crippen LogP contribution in [0.2, 0.25) is 0 Å². The van der Waals surface area contributed by atoms with Crippen LogP contribution in [0.15, 0.2) is 28.9 Å². The molecule has 0 bridgehead atoms. The van der Waals surface area contributed by atoms with E-state index in [1.807, 2.05) is 0 Å². The highest BCUT2D eigenvalue weighted by Gasteiger charge is 2.00. The second kappa shape index (κ2) is 4.01. The van der Waals surface area contributed by atoms with E-state index < -0.39 is 0 Å². The quantitative estimate of drug-likeness (QED) is 0.779. The van der Waals surface area contributed by atoms with Crippen LogP contribution in [0.3, 0.4) is 0 Å². The number of rotatable bonds is 3. The summed E-state index contributed by atoms with van der Waals surface area (Å²) in [7, 11) is 0. The van der Waals surface area contributed by atoms with Crippen molar-refractivity contribution in [1.82, 2.24) is 15.2 Å². The van der Waals surface area contributed by atoms with E-state index in [2.05, 4.69) is 15.2 Å². The molecule has 14 heavy (non-hydrogen) atoms. The number of H-pyrrole nitrogens is 1. The van der Waals surface area contributed by atoms with Gasteiger partial charge in [0.1, 0.15) is 5.75 Å². The molecule has 2 heterocycles. The van der Waals surface area contributed by atoms with Crippen LogP contribution in [0, 0.1) is 4.84 Å². The molecule has 2 aromatic rings. The molecule has 2 aromatic heterocycles. The monoisotopic (exact) mass is 209 g/mol. The van der Waals surface area contributed by atoms with E-state index in [9.17, 15) is 0 Å². The number of pyridine rings is 1. The minimum atomic E-state index is 0.235. The van der Waals surface area contributed by atoms with Crippen molar-refractivity contribution in [3.8, 4) is 5.75 Å². The third-order valence-electron chi connectivity index (χ3n) is 1.48. The summed E-state index contributed by atoms with van der Waals surface area (Å²) in [5.74, 6) is 1.08. The summed E-state index contributed by atoms with van der Waals surface area (Å²) in [4.78, 5) is 4.14. The normalized spacial score (nSPS) is 10.0. The van der Waals surface area contributed by atoms with Crippen molar-refractivity contribution in [3.63, 3.8) is 0 Å². The topological polar surface area (TPSA) is 63.9 Å². The summed E-state index contributed by atoms with van der Waals surface area (Å²) in [6, 6.07) is 3.59. The third kappa shape index (κ3) is 2.17. The van der Waals surface area contributed by atoms with E-state index in [0.717, 1.165) is 0 Å². The van der Waals surface area contributed by atoms with E-state index in [0.29, 0.717) is 11.6 Å². The van der Waals surface area contributed by atoms with Crippen molar-refractivity contribution in [2.75, 3.05) is 0 Å². The molecule has 0 amide bonds. The van der Waals surface area contributed by atoms with Crippen LogP contribution in [0.4, 0.5) is 0 Å². The molecule has 2 rings (SSSR count). The molecular weight excluding hydrogens is 202 g/mol. The smallest absolute Gasteiger partial charge is 0.284 e. The first kappa shape index (κ1) is 8.89. The molecule has 0 fully saturated rings. The zero-order chi connectivity index (χ0) is 9.80. The molecule has 72 valence electrons. The Kier molecular flexibility index (Phi) is 2.55. The largest absolute Gasteiger partial charge is 0.482 e. The van der Waals surface area contributed by atoms with Crippen LogP contribution in [0.25, 0.3) is 0 Å². The maximum Gasteiger partial charge on any atom is 0.284 e. The number of aromatic nitrogens is 3. The average molecular weight is 209 g/mol. The second-order valence-corrected chi connectivity index (χ2v) is 2.86. The molecular formula is C8H7N3O2S. The molecule has 0 aliphatic rings. The van der Waals surface area contributed by atoms with E-state index in [1.165, 1.54) is 0 Å². The Hall–Kier alpha value is -1.69. The Morgan fingerprint density at radius 2 is 2.50 bits per heavy atom. The van der Waals surface area contributed by atoms with Crippen LogP contribution in [-0.4, -0.2) is 15.2 Å². The van der Waals surface area contributed by atoms with Crippen molar-refractivity contribution >= 4 is 12.2 Å². The van der Waals surface area contributed by atoms with Gasteiger partial charge in [0, 0.05) is 6.20 Å². The lowest BCUT2D eigenvalue weighted by Gasteiger charge is -2.00. The Morgan fingerprint density at radius 3 is 3.14 bits per heavy atom. The highest BCUT2D eigenvalue weighted by molar-refractivity contribution is 7.71. The van der Waals surface area contributed by atoms with Gasteiger partial charge in [-0.25, -0.2) is 5.10 Å². The number of nitrogens with one attached hydrogen (secondary N) is 1. The zero-order valence-electron chi connectivity index (χ0n) is 7.14. The fourth-order valence-electron chi connectivity index (χ4n) is 0.900. The minimum absolute atomic E-state index is 0.235. The van der Waals surface area contributed by atoms with E-state index >= 15 is 0 Å². The SMILES string of the molecule is S=c1[nH]nc(COc2cccnc2)o1. The molecule has 6 heteroatoms. The van der Waals surface area contributed by atoms with E-state index in [4.69, 9.17) is 21.4 Å². The molecule has 0 aliphatic carbocycles. The maximum atomic E-state index is 5.32. The second-order valence-electron chi connectivity index (χ2n) is 2.48. The summed E-state index contributed by atoms with van der Waals surface area (Å²) in [6.45, 7) is 0.235. The molecule has 0 atom stereocenters. The van der Waals surface area contributed by atoms with Gasteiger partial charge in [-0.05, 0) is 24.4 Å². The molecule has 5 nitrogen and oxygen atoms in total. The molecule has 0 aromatic carbocycles. The number of ether oxygens (including phenoxy) is 1. The molecule has 1 N–H and O–H groups in total. The first-order chi connectivity index (χ1) is 6.84. The average Bonchev–Trinajstić information content (AvgIpc) is 2.63. The van der Waals surface area contributed by atoms with Crippen LogP contribution < -0.4 is 4.74 Å². The minimum Gasteiger partial charge on any atom is -0.482 e. The van der Waals surface area contributed by atoms with Gasteiger partial charge in [0.15, 0.2) is 6.61 Å². The van der Waals surface area contributed by atoms with Gasteiger partial charge in [-0.1, -0.05) is 0 Å². The van der Waals surface area contributed by atoms with Gasteiger partial charge in [0.2, 0.25) is 0 Å². The van der Waals surface area contributed by atoms with Crippen molar-refractivity contribution < 1.29 is 9.15 Å². The van der Waals surface area contributed by atoms with Crippen LogP contribution in [0.1, 0.15) is 5.89 Å². The molecule has 0 radical (unpaired) electrons. The van der Waals surface area contributed by atoms with Gasteiger partial charge in [-0.2, -0.15) is 0 Å². The fourth-order valence-corrected chi connectivity index (χ4v) is 1.04. The van der Waals surface area contributed by atoms with E-state index in [-0.39, 0.29) is 11.4 Å². The predicted octanol–water partition coefficient (Wildman–Crippen LogP) is 1.71. The summed E-state index contributed by atoms with van der Waals surface area (Å²) < 4.78 is 10.3. The molecule has 0 saturated heterocycles. The molecule has 0 aliphatic heterocycles. The van der Waals surface area contributed by atoms with Gasteiger partial charge < -0.3 is 9.15 Å². The predicted molar refractivity (Wildman–Crippen MR) is 50.3 cm³/mol. The van der Waals surface area contributed by atoms with Crippen LogP contribution in [0.5, 0.6) is 5.75 Å². The highest BCUT2D eigenvalue weighted by atomic mass is 32.1. The lowest BCUT2D eigenvalue weighted by Crippen LogP contribution is -1.95. The van der Waals surface area contributed by atoms with Crippen molar-refractivity contribution in [2.24, 2.45) is 0 Å². The summed E-state index contributed by atoms with van der Waals surface area (Å²) >= 11 is 4.71. The van der Waals surface area contributed by atoms with E-state index in [1.54, 1.807) is 24.5 Å². The Balaban J connectivity index is 1.98. The lowest BCUT2D eigenvalue weighted by molar-refractivity contribution is 0.260. The molecule has 0 spiro atoms. The number of aromatic amines is 1. The summed E-state index contributed by atoms with van der Waals surface area (Å²) in [6.07, 6.45) is 3.29. The number of hydrogen-bond acceptors (Lipinski definition) is 5. The first-order valence-electron chi connectivity index (χ1n) is 3.92. The van der Waals surface area contributed by atoms with Gasteiger partial charge in [-0.3, -0.25) is 4.98 Å². The van der Waals surface area contributed by atoms with Gasteiger partial charge >= 0.3 is 0 Å². The number of nitrogens with zero attached hydrogens (tertiary/aromatic N) is 2. The standard InChI is InChI=1S/C8H7N3O2S/c14-8-11-10-7(13-8)5-12-6-2-1-3-9-4-6/h1-4H,5H2,(H,11,14). The van der Waals surface area contributed by atoms with Crippen LogP contribution in [-0.2, 0) is 6.61 Å². The van der Waals surface area contributed by atoms with Gasteiger partial charge in [0.05, 0.1) is 6.20 Å². The van der Waals surface area contributed by atoms with Crippen molar-refractivity contribution in [2.45, 2.75) is 6.61 Å². The van der Waals surface area contributed by atoms with Crippen molar-refractivity contribution in [3.05, 3.63) is 35.3 Å². The fraction of sp³-hybridized carbons (Fsp3) is 0.125. The molecule has 0 saturated carbocycles. The Labute approximate surface area is 84.7 Å².